The predicted octanol–water partition coefficient (Wildman–Crippen LogP) is -2.18. The molecule has 0 spiro atoms. The van der Waals surface area contributed by atoms with E-state index in [0.717, 1.165) is 0 Å². The molecule has 0 aliphatic heterocycles. The molecule has 7 nitrogen and oxygen atoms in total. The molecule has 0 aromatic carbocycles. The summed E-state index contributed by atoms with van der Waals surface area (Å²) in [6.07, 6.45) is -0.562. The first kappa shape index (κ1) is 12.8. The Morgan fingerprint density at radius 2 is 2.29 bits per heavy atom. The fourth-order valence-electron chi connectivity index (χ4n) is 1.37. The maximum atomic E-state index is 11.1. The minimum absolute atomic E-state index is 0.0641. The maximum absolute atomic E-state index is 11.1. The van der Waals surface area contributed by atoms with Gasteiger partial charge in [-0.1, -0.05) is 13.8 Å². The fraction of sp³-hybridized carbons (Fsp3) is 0.875. The van der Waals surface area contributed by atoms with Crippen LogP contribution in [0.25, 0.3) is 0 Å². The molecule has 0 bridgehead atoms. The Bertz CT molecular complexity index is 384. The quantitative estimate of drug-likeness (QED) is 0.217. The summed E-state index contributed by atoms with van der Waals surface area (Å²) in [5.41, 5.74) is 0. The molecule has 2 atom stereocenters. The lowest BCUT2D eigenvalue weighted by atomic mass is 10.0. The normalized spacial score (nSPS) is 16.9. The summed E-state index contributed by atoms with van der Waals surface area (Å²) >= 11 is 0. The third-order valence-corrected chi connectivity index (χ3v) is 2.65. The Morgan fingerprint density at radius 3 is 2.71 bits per heavy atom. The van der Waals surface area contributed by atoms with Gasteiger partial charge >= 0.3 is 0 Å². The molecule has 0 aromatic heterocycles. The first-order valence-electron chi connectivity index (χ1n) is 6.43. The molecule has 0 aromatic rings. The van der Waals surface area contributed by atoms with Gasteiger partial charge in [-0.15, -0.1) is 0 Å². The standard InChI is InChI=1S/C8H20BN3O4S/c1-3-6(10-8(9)14)7(13)5-12(4-2)11-17(15)16/h6-7,13,17H,3-5,9H2,1-2H3,(H,10,14)(H,11,15,16)/i9T,17T. The summed E-state index contributed by atoms with van der Waals surface area (Å²) < 4.78 is 35.2. The number of nitrogens with zero attached hydrogens (tertiary/aromatic N) is 1. The summed E-state index contributed by atoms with van der Waals surface area (Å²) in [7, 11) is -4.57. The van der Waals surface area contributed by atoms with Crippen molar-refractivity contribution in [1.82, 2.24) is 15.2 Å². The van der Waals surface area contributed by atoms with Crippen molar-refractivity contribution in [3.63, 3.8) is 0 Å². The smallest absolute Gasteiger partial charge is 0.215 e. The average Bonchev–Trinajstić information content (AvgIpc) is 2.32. The molecule has 1 amide bonds. The van der Waals surface area contributed by atoms with Crippen LogP contribution < -0.4 is 10.1 Å². The van der Waals surface area contributed by atoms with Gasteiger partial charge in [-0.05, 0) is 7.76 Å². The first-order chi connectivity index (χ1) is 8.73. The minimum atomic E-state index is -4.14. The molecule has 9 heteroatoms. The second kappa shape index (κ2) is 8.45. The Hall–Kier alpha value is -0.635. The number of nitrogens with one attached hydrogen (secondary N) is 2. The number of rotatable bonds is 9. The van der Waals surface area contributed by atoms with Crippen LogP contribution in [0.4, 0.5) is 4.79 Å². The monoisotopic (exact) mass is 269 g/mol. The molecular formula is C8H20BN3O4S. The van der Waals surface area contributed by atoms with Gasteiger partial charge in [0.25, 0.3) is 0 Å². The van der Waals surface area contributed by atoms with E-state index in [2.05, 4.69) is 5.32 Å². The zero-order valence-electron chi connectivity index (χ0n) is 12.0. The van der Waals surface area contributed by atoms with Crippen molar-refractivity contribution in [3.05, 3.63) is 0 Å². The van der Waals surface area contributed by atoms with Crippen molar-refractivity contribution in [2.45, 2.75) is 32.4 Å². The highest BCUT2D eigenvalue weighted by Gasteiger charge is 2.20. The van der Waals surface area contributed by atoms with E-state index in [4.69, 9.17) is 2.46 Å². The van der Waals surface area contributed by atoms with Crippen LogP contribution in [-0.2, 0) is 10.8 Å². The van der Waals surface area contributed by atoms with Crippen molar-refractivity contribution in [2.24, 2.45) is 0 Å². The average molecular weight is 269 g/mol. The lowest BCUT2D eigenvalue weighted by Crippen LogP contribution is -2.50. The zero-order chi connectivity index (χ0) is 15.1. The van der Waals surface area contributed by atoms with Crippen LogP contribution in [0, 0.1) is 0 Å². The molecule has 0 heterocycles. The minimum Gasteiger partial charge on any atom is -0.390 e. The number of amides is 1. The van der Waals surface area contributed by atoms with Crippen molar-refractivity contribution < 1.29 is 18.3 Å². The molecular weight excluding hydrogens is 245 g/mol. The van der Waals surface area contributed by atoms with Crippen LogP contribution in [0.3, 0.4) is 0 Å². The van der Waals surface area contributed by atoms with Crippen molar-refractivity contribution in [2.75, 3.05) is 13.1 Å². The predicted molar refractivity (Wildman–Crippen MR) is 67.9 cm³/mol. The van der Waals surface area contributed by atoms with Gasteiger partial charge in [0.05, 0.1) is 12.1 Å². The van der Waals surface area contributed by atoms with Gasteiger partial charge in [0.2, 0.25) is 18.6 Å². The summed E-state index contributed by atoms with van der Waals surface area (Å²) in [5.74, 6) is -0.505. The van der Waals surface area contributed by atoms with E-state index in [1.807, 2.05) is 4.83 Å². The van der Waals surface area contributed by atoms with Gasteiger partial charge in [0.1, 0.15) is 0 Å². The Kier molecular flexibility index (Phi) is 6.37. The summed E-state index contributed by atoms with van der Waals surface area (Å²) in [5, 5.41) is 13.6. The van der Waals surface area contributed by atoms with Gasteiger partial charge in [-0.3, -0.25) is 4.79 Å². The van der Waals surface area contributed by atoms with E-state index in [1.165, 1.54) is 5.01 Å². The van der Waals surface area contributed by atoms with Gasteiger partial charge in [0.15, 0.2) is 6.93 Å². The molecule has 2 unspecified atom stereocenters. The van der Waals surface area contributed by atoms with Crippen molar-refractivity contribution in [1.29, 1.82) is 2.46 Å². The SMILES string of the molecule is [3H]BC(=O)NC(CC)C(O)CN(CC)NS([3H])(=O)=O. The van der Waals surface area contributed by atoms with Crippen LogP contribution in [-0.4, -0.2) is 59.8 Å². The molecule has 0 fully saturated rings. The third kappa shape index (κ3) is 7.32. The van der Waals surface area contributed by atoms with Crippen LogP contribution in [0.15, 0.2) is 0 Å². The van der Waals surface area contributed by atoms with Gasteiger partial charge in [-0.25, -0.2) is 13.4 Å². The topological polar surface area (TPSA) is 98.7 Å². The van der Waals surface area contributed by atoms with E-state index >= 15 is 0 Å². The number of thiol groups is 1. The van der Waals surface area contributed by atoms with E-state index < -0.39 is 36.6 Å². The van der Waals surface area contributed by atoms with Crippen LogP contribution >= 0.6 is 0 Å². The van der Waals surface area contributed by atoms with Gasteiger partial charge < -0.3 is 10.4 Å². The Balaban J connectivity index is 4.52. The number of carbonyl (C=O) groups is 1. The van der Waals surface area contributed by atoms with Crippen LogP contribution in [0.2, 0.25) is 0 Å². The molecule has 0 saturated heterocycles. The van der Waals surface area contributed by atoms with E-state index in [1.54, 1.807) is 13.8 Å². The first-order valence-corrected chi connectivity index (χ1v) is 6.39. The number of likely N-dealkylation sites (N-methyl/N-ethyl adjacent to an activating group) is 1. The van der Waals surface area contributed by atoms with E-state index in [9.17, 15) is 18.3 Å². The van der Waals surface area contributed by atoms with Crippen LogP contribution in [0.5, 0.6) is 0 Å². The highest BCUT2D eigenvalue weighted by Crippen LogP contribution is 2.01. The van der Waals surface area contributed by atoms with E-state index in [0.29, 0.717) is 6.42 Å². The van der Waals surface area contributed by atoms with Gasteiger partial charge in [-0.2, -0.15) is 4.83 Å². The number of hydrogen-bond acceptors (Lipinski definition) is 5. The van der Waals surface area contributed by atoms with Crippen molar-refractivity contribution >= 4 is 24.4 Å². The number of hydrazine groups is 1. The molecule has 0 radical (unpaired) electrons. The maximum Gasteiger partial charge on any atom is 0.215 e. The number of aliphatic hydroxyl groups excluding tert-OH is 1. The Labute approximate surface area is 106 Å². The van der Waals surface area contributed by atoms with Gasteiger partial charge in [0, 0.05) is 13.1 Å². The summed E-state index contributed by atoms with van der Waals surface area (Å²) in [4.78, 5) is 13.1. The molecule has 0 saturated carbocycles. The second-order valence-corrected chi connectivity index (χ2v) is 4.17. The highest BCUT2D eigenvalue weighted by atomic mass is 32.2. The number of aliphatic hydroxyl groups is 1. The Morgan fingerprint density at radius 1 is 1.65 bits per heavy atom. The third-order valence-electron chi connectivity index (χ3n) is 2.24. The lowest BCUT2D eigenvalue weighted by Gasteiger charge is -2.27. The molecule has 3 N–H and O–H groups in total. The highest BCUT2D eigenvalue weighted by molar-refractivity contribution is 7.70. The zero-order valence-corrected chi connectivity index (χ0v) is 10.8. The van der Waals surface area contributed by atoms with Crippen LogP contribution in [0.1, 0.15) is 20.3 Å². The molecule has 0 rings (SSSR count). The van der Waals surface area contributed by atoms with E-state index in [-0.39, 0.29) is 13.1 Å². The lowest BCUT2D eigenvalue weighted by molar-refractivity contribution is 0.0755. The summed E-state index contributed by atoms with van der Waals surface area (Å²) in [6.45, 7) is 3.61. The number of carbonyl (C=O) groups excluding carboxylic acids is 1. The molecule has 100 valence electrons. The molecule has 17 heavy (non-hydrogen) atoms. The van der Waals surface area contributed by atoms with Crippen molar-refractivity contribution in [3.8, 4) is 0 Å². The number of hydrogen-bond donors (Lipinski definition) is 4. The second-order valence-electron chi connectivity index (χ2n) is 3.51. The largest absolute Gasteiger partial charge is 0.390 e. The summed E-state index contributed by atoms with van der Waals surface area (Å²) in [6, 6.07) is -0.567. The molecule has 0 aliphatic carbocycles. The fourth-order valence-corrected chi connectivity index (χ4v) is 1.78. The molecule has 0 aliphatic rings.